The first-order valence-electron chi connectivity index (χ1n) is 22.0. The molecule has 0 amide bonds. The number of nitrogens with zero attached hydrogens (tertiary/aromatic N) is 4. The predicted octanol–water partition coefficient (Wildman–Crippen LogP) is 14.8. The maximum absolute atomic E-state index is 7.05. The number of fused-ring (bicyclic) bond motifs is 6. The third-order valence-electron chi connectivity index (χ3n) is 12.8. The van der Waals surface area contributed by atoms with E-state index < -0.39 is 0 Å². The Morgan fingerprint density at radius 1 is 0.500 bits per heavy atom. The molecule has 0 saturated heterocycles. The smallest absolute Gasteiger partial charge is 0.137 e. The van der Waals surface area contributed by atoms with E-state index in [2.05, 4.69) is 229 Å². The molecule has 0 atom stereocenters. The Morgan fingerprint density at radius 2 is 1.08 bits per heavy atom. The van der Waals surface area contributed by atoms with Crippen LogP contribution in [0.4, 0.5) is 11.4 Å². The quantitative estimate of drug-likeness (QED) is 0.167. The zero-order chi connectivity index (χ0) is 43.1. The highest BCUT2D eigenvalue weighted by atomic mass is 16.5. The van der Waals surface area contributed by atoms with E-state index in [9.17, 15) is 0 Å². The van der Waals surface area contributed by atoms with Crippen molar-refractivity contribution >= 4 is 33.2 Å². The topological polar surface area (TPSA) is 33.5 Å². The van der Waals surface area contributed by atoms with Gasteiger partial charge in [0.15, 0.2) is 0 Å². The number of hydrogen-bond donors (Lipinski definition) is 0. The highest BCUT2D eigenvalue weighted by Gasteiger charge is 2.31. The van der Waals surface area contributed by atoms with Gasteiger partial charge in [-0.25, -0.2) is 4.98 Å². The molecule has 5 nitrogen and oxygen atoms in total. The van der Waals surface area contributed by atoms with Crippen LogP contribution in [0.25, 0.3) is 38.8 Å². The number of para-hydroxylation sites is 1. The fourth-order valence-electron chi connectivity index (χ4n) is 9.31. The lowest BCUT2D eigenvalue weighted by molar-refractivity contribution is 0.482. The lowest BCUT2D eigenvalue weighted by Gasteiger charge is -2.29. The largest absolute Gasteiger partial charge is 0.457 e. The summed E-state index contributed by atoms with van der Waals surface area (Å²) in [7, 11) is 0. The summed E-state index contributed by atoms with van der Waals surface area (Å²) >= 11 is 0. The number of pyridine rings is 1. The summed E-state index contributed by atoms with van der Waals surface area (Å²) in [6.07, 6.45) is 6.36. The molecule has 1 aliphatic heterocycles. The van der Waals surface area contributed by atoms with Crippen LogP contribution in [-0.2, 0) is 16.2 Å². The number of aromatic nitrogens is 2. The lowest BCUT2D eigenvalue weighted by atomic mass is 9.80. The van der Waals surface area contributed by atoms with Crippen molar-refractivity contribution in [1.82, 2.24) is 9.55 Å². The van der Waals surface area contributed by atoms with Crippen molar-refractivity contribution in [2.24, 2.45) is 0 Å². The third-order valence-corrected chi connectivity index (χ3v) is 12.8. The number of rotatable bonds is 6. The number of anilines is 2. The second kappa shape index (κ2) is 14.5. The molecule has 62 heavy (non-hydrogen) atoms. The second-order valence-electron chi connectivity index (χ2n) is 20.3. The molecule has 10 rings (SSSR count). The van der Waals surface area contributed by atoms with Crippen LogP contribution >= 0.6 is 0 Å². The van der Waals surface area contributed by atoms with Crippen LogP contribution in [-0.4, -0.2) is 16.2 Å². The molecule has 5 heteroatoms. The zero-order valence-corrected chi connectivity index (χ0v) is 37.5. The van der Waals surface area contributed by atoms with Gasteiger partial charge in [0.2, 0.25) is 0 Å². The summed E-state index contributed by atoms with van der Waals surface area (Å²) in [6, 6.07) is 51.1. The Balaban J connectivity index is 1.08. The van der Waals surface area contributed by atoms with Crippen molar-refractivity contribution in [2.45, 2.75) is 84.5 Å². The molecule has 2 aliphatic rings. The summed E-state index contributed by atoms with van der Waals surface area (Å²) < 4.78 is 9.33. The number of hydrogen-bond acceptors (Lipinski definition) is 4. The van der Waals surface area contributed by atoms with Gasteiger partial charge in [-0.2, -0.15) is 0 Å². The fourth-order valence-corrected chi connectivity index (χ4v) is 9.31. The summed E-state index contributed by atoms with van der Waals surface area (Å²) in [4.78, 5) is 9.64. The molecule has 0 radical (unpaired) electrons. The summed E-state index contributed by atoms with van der Waals surface area (Å²) in [6.45, 7) is 21.2. The van der Waals surface area contributed by atoms with Crippen molar-refractivity contribution in [1.29, 1.82) is 0 Å². The van der Waals surface area contributed by atoms with E-state index in [4.69, 9.17) is 9.72 Å². The van der Waals surface area contributed by atoms with Crippen molar-refractivity contribution in [3.63, 3.8) is 0 Å². The van der Waals surface area contributed by atoms with Crippen LogP contribution in [0, 0.1) is 0 Å². The average molecular weight is 813 g/mol. The molecule has 8 aromatic rings. The van der Waals surface area contributed by atoms with E-state index in [0.717, 1.165) is 39.4 Å². The van der Waals surface area contributed by atoms with Gasteiger partial charge in [0.05, 0.1) is 17.7 Å². The lowest BCUT2D eigenvalue weighted by Crippen LogP contribution is -2.26. The van der Waals surface area contributed by atoms with E-state index in [1.165, 1.54) is 55.6 Å². The van der Waals surface area contributed by atoms with Crippen LogP contribution in [0.1, 0.15) is 102 Å². The summed E-state index contributed by atoms with van der Waals surface area (Å²) in [5, 5.41) is 2.35. The molecule has 0 bridgehead atoms. The number of ether oxygens (including phenoxy) is 1. The van der Waals surface area contributed by atoms with Gasteiger partial charge in [-0.15, -0.1) is 0 Å². The molecule has 0 spiro atoms. The minimum atomic E-state index is -0.0127. The maximum atomic E-state index is 7.05. The molecule has 0 N–H and O–H groups in total. The molecular weight excluding hydrogens is 757 g/mol. The minimum absolute atomic E-state index is 0.0127. The Labute approximate surface area is 366 Å². The number of benzene rings is 6. The maximum Gasteiger partial charge on any atom is 0.137 e. The van der Waals surface area contributed by atoms with Crippen molar-refractivity contribution < 1.29 is 4.74 Å². The highest BCUT2D eigenvalue weighted by molar-refractivity contribution is 6.09. The first-order chi connectivity index (χ1) is 29.6. The van der Waals surface area contributed by atoms with E-state index in [0.29, 0.717) is 6.67 Å². The average Bonchev–Trinajstić information content (AvgIpc) is 3.96. The summed E-state index contributed by atoms with van der Waals surface area (Å²) in [5.41, 5.74) is 14.9. The molecular formula is C57H56N4O. The Morgan fingerprint density at radius 3 is 1.73 bits per heavy atom. The first-order valence-corrected chi connectivity index (χ1v) is 22.0. The SMILES string of the molecule is CC(C)(C)c1cc(N2C=CN(c3cc(Oc4ccc5c6ccccc6n(-c6cc(C(C)(C)C)ccn6)c5c4)cc(C4c5ccccc5-c5ccccc54)c3)C2)cc(C(C)(C)C)c1. The Bertz CT molecular complexity index is 2980. The normalized spacial score (nSPS) is 14.3. The van der Waals surface area contributed by atoms with Crippen molar-refractivity contribution in [3.8, 4) is 28.4 Å². The van der Waals surface area contributed by atoms with E-state index >= 15 is 0 Å². The van der Waals surface area contributed by atoms with Crippen LogP contribution < -0.4 is 14.5 Å². The third kappa shape index (κ3) is 7.03. The molecule has 310 valence electrons. The van der Waals surface area contributed by atoms with E-state index in [1.54, 1.807) is 0 Å². The first kappa shape index (κ1) is 39.5. The van der Waals surface area contributed by atoms with E-state index in [1.807, 2.05) is 6.20 Å². The predicted molar refractivity (Wildman–Crippen MR) is 259 cm³/mol. The van der Waals surface area contributed by atoms with Gasteiger partial charge < -0.3 is 14.5 Å². The van der Waals surface area contributed by atoms with Crippen molar-refractivity contribution in [3.05, 3.63) is 192 Å². The Hall–Kier alpha value is -6.59. The minimum Gasteiger partial charge on any atom is -0.457 e. The monoisotopic (exact) mass is 812 g/mol. The van der Waals surface area contributed by atoms with Gasteiger partial charge in [-0.3, -0.25) is 4.57 Å². The summed E-state index contributed by atoms with van der Waals surface area (Å²) in [5.74, 6) is 2.54. The van der Waals surface area contributed by atoms with Gasteiger partial charge in [0.1, 0.15) is 17.3 Å². The highest BCUT2D eigenvalue weighted by Crippen LogP contribution is 2.49. The standard InChI is InChI=1S/C57H56N4O/c1-55(2,3)38-24-25-58-53(33-38)61-51-21-15-14-18-47(51)48-23-22-43(35-52(48)61)62-44-29-37(54-49-19-12-10-16-45(49)46-17-11-13-20-50(46)54)28-41(34-44)59-26-27-60(36-59)42-31-39(56(4,5)6)30-40(32-42)57(7,8)9/h10-35,54H,36H2,1-9H3. The van der Waals surface area contributed by atoms with E-state index in [-0.39, 0.29) is 22.2 Å². The van der Waals surface area contributed by atoms with Crippen LogP contribution in [0.15, 0.2) is 158 Å². The molecule has 2 aromatic heterocycles. The fraction of sp³-hybridized carbons (Fsp3) is 0.246. The van der Waals surface area contributed by atoms with Crippen LogP contribution in [0.2, 0.25) is 0 Å². The zero-order valence-electron chi connectivity index (χ0n) is 37.5. The molecule has 0 fully saturated rings. The van der Waals surface area contributed by atoms with Gasteiger partial charge in [0.25, 0.3) is 0 Å². The van der Waals surface area contributed by atoms with Crippen molar-refractivity contribution in [2.75, 3.05) is 16.5 Å². The Kier molecular flexibility index (Phi) is 9.26. The van der Waals surface area contributed by atoms with Crippen LogP contribution in [0.5, 0.6) is 11.5 Å². The van der Waals surface area contributed by atoms with Crippen LogP contribution in [0.3, 0.4) is 0 Å². The molecule has 3 heterocycles. The molecule has 6 aromatic carbocycles. The molecule has 0 unspecified atom stereocenters. The van der Waals surface area contributed by atoms with Gasteiger partial charge in [-0.05, 0) is 115 Å². The molecule has 1 aliphatic carbocycles. The second-order valence-corrected chi connectivity index (χ2v) is 20.3. The van der Waals surface area contributed by atoms with Gasteiger partial charge >= 0.3 is 0 Å². The molecule has 0 saturated carbocycles. The van der Waals surface area contributed by atoms with Gasteiger partial charge in [-0.1, -0.05) is 135 Å². The van der Waals surface area contributed by atoms with Gasteiger partial charge in [0, 0.05) is 58.8 Å².